The minimum absolute atomic E-state index is 0.0131. The van der Waals surface area contributed by atoms with Gasteiger partial charge in [-0.25, -0.2) is 8.78 Å². The molecule has 206 valence electrons. The molecule has 4 aliphatic rings. The molecular weight excluding hydrogens is 497 g/mol. The van der Waals surface area contributed by atoms with Gasteiger partial charge >= 0.3 is 6.18 Å². The predicted molar refractivity (Wildman–Crippen MR) is 125 cm³/mol. The fraction of sp³-hybridized carbons (Fsp3) is 0.769. The zero-order chi connectivity index (χ0) is 26.4. The molecule has 1 aliphatic carbocycles. The highest BCUT2D eigenvalue weighted by Crippen LogP contribution is 2.51. The minimum Gasteiger partial charge on any atom is -0.379 e. The number of methoxy groups -OCH3 is 1. The van der Waals surface area contributed by atoms with Crippen molar-refractivity contribution in [2.75, 3.05) is 38.3 Å². The Bertz CT molecular complexity index is 979. The topological polar surface area (TPSA) is 54.9 Å². The molecule has 3 saturated heterocycles. The minimum atomic E-state index is -4.54. The monoisotopic (exact) mass is 531 g/mol. The molecular formula is C26H34F5N3O3. The number of fused-ring (bicyclic) bond motifs is 2. The van der Waals surface area contributed by atoms with Crippen LogP contribution < -0.4 is 4.90 Å². The lowest BCUT2D eigenvalue weighted by Crippen LogP contribution is -2.53. The molecule has 4 heterocycles. The lowest BCUT2D eigenvalue weighted by atomic mass is 9.78. The van der Waals surface area contributed by atoms with Crippen molar-refractivity contribution in [3.05, 3.63) is 24.0 Å². The van der Waals surface area contributed by atoms with Gasteiger partial charge in [-0.1, -0.05) is 0 Å². The summed E-state index contributed by atoms with van der Waals surface area (Å²) in [4.78, 5) is 20.9. The van der Waals surface area contributed by atoms with Crippen LogP contribution in [0.1, 0.15) is 50.6 Å². The highest BCUT2D eigenvalue weighted by molar-refractivity contribution is 5.84. The molecule has 37 heavy (non-hydrogen) atoms. The number of rotatable bonds is 7. The molecule has 1 aromatic rings. The van der Waals surface area contributed by atoms with Crippen LogP contribution in [0.5, 0.6) is 0 Å². The largest absolute Gasteiger partial charge is 0.433 e. The van der Waals surface area contributed by atoms with E-state index in [9.17, 15) is 26.7 Å². The maximum Gasteiger partial charge on any atom is 0.433 e. The number of hydrogen-bond donors (Lipinski definition) is 0. The van der Waals surface area contributed by atoms with Gasteiger partial charge in [0.1, 0.15) is 5.69 Å². The number of ether oxygens (including phenoxy) is 2. The quantitative estimate of drug-likeness (QED) is 0.475. The number of piperazine rings is 1. The number of alkyl halides is 5. The number of likely N-dealkylation sites (tertiary alicyclic amines) is 1. The predicted octanol–water partition coefficient (Wildman–Crippen LogP) is 4.77. The highest BCUT2D eigenvalue weighted by atomic mass is 19.4. The molecule has 4 fully saturated rings. The number of anilines is 1. The Morgan fingerprint density at radius 2 is 2.08 bits per heavy atom. The molecule has 1 aromatic heterocycles. The van der Waals surface area contributed by atoms with Crippen LogP contribution in [0.3, 0.4) is 0 Å². The number of nitrogens with zero attached hydrogens (tertiary/aromatic N) is 3. The van der Waals surface area contributed by atoms with Crippen LogP contribution in [0.4, 0.5) is 27.6 Å². The average Bonchev–Trinajstić information content (AvgIpc) is 3.58. The lowest BCUT2D eigenvalue weighted by Gasteiger charge is -2.40. The van der Waals surface area contributed by atoms with Gasteiger partial charge in [-0.15, -0.1) is 0 Å². The highest BCUT2D eigenvalue weighted by Gasteiger charge is 2.54. The zero-order valence-corrected chi connectivity index (χ0v) is 20.9. The van der Waals surface area contributed by atoms with E-state index >= 15 is 0 Å². The third kappa shape index (κ3) is 5.30. The van der Waals surface area contributed by atoms with Crippen LogP contribution >= 0.6 is 0 Å². The van der Waals surface area contributed by atoms with Crippen LogP contribution in [-0.2, 0) is 20.4 Å². The van der Waals surface area contributed by atoms with E-state index in [1.165, 1.54) is 0 Å². The third-order valence-corrected chi connectivity index (χ3v) is 8.96. The first-order chi connectivity index (χ1) is 17.6. The summed E-state index contributed by atoms with van der Waals surface area (Å²) in [5.74, 6) is 0.264. The lowest BCUT2D eigenvalue weighted by molar-refractivity contribution is -0.146. The van der Waals surface area contributed by atoms with Crippen molar-refractivity contribution in [2.45, 2.75) is 75.7 Å². The summed E-state index contributed by atoms with van der Waals surface area (Å²) in [5.41, 5.74) is -1.61. The maximum atomic E-state index is 13.9. The molecule has 2 bridgehead atoms. The third-order valence-electron chi connectivity index (χ3n) is 8.96. The Kier molecular flexibility index (Phi) is 7.39. The summed E-state index contributed by atoms with van der Waals surface area (Å²) in [5, 5.41) is 0. The van der Waals surface area contributed by atoms with Crippen LogP contribution in [0, 0.1) is 17.3 Å². The molecule has 11 heteroatoms. The van der Waals surface area contributed by atoms with Gasteiger partial charge in [0.25, 0.3) is 0 Å². The molecule has 1 saturated carbocycles. The summed E-state index contributed by atoms with van der Waals surface area (Å²) >= 11 is 0. The normalized spacial score (nSPS) is 34.1. The van der Waals surface area contributed by atoms with E-state index < -0.39 is 30.1 Å². The molecule has 0 radical (unpaired) electrons. The van der Waals surface area contributed by atoms with Crippen molar-refractivity contribution in [1.29, 1.82) is 0 Å². The van der Waals surface area contributed by atoms with Crippen LogP contribution in [0.15, 0.2) is 18.3 Å². The van der Waals surface area contributed by atoms with E-state index in [2.05, 4.69) is 4.98 Å². The van der Waals surface area contributed by atoms with Crippen LogP contribution in [0.2, 0.25) is 0 Å². The van der Waals surface area contributed by atoms with Crippen molar-refractivity contribution < 1.29 is 36.2 Å². The zero-order valence-electron chi connectivity index (χ0n) is 20.9. The molecule has 0 spiro atoms. The van der Waals surface area contributed by atoms with Crippen molar-refractivity contribution in [3.8, 4) is 0 Å². The molecule has 3 aliphatic heterocycles. The van der Waals surface area contributed by atoms with E-state index in [4.69, 9.17) is 9.47 Å². The van der Waals surface area contributed by atoms with Crippen molar-refractivity contribution in [1.82, 2.24) is 9.88 Å². The molecule has 6 nitrogen and oxygen atoms in total. The standard InChI is InChI=1S/C26H34F5N3O3/c1-36-21-15-37-7-4-17(21)8-16-2-5-25(11-16,12-23(27)28)24(35)34-14-19-9-20(34)13-33(19)18-3-6-32-22(10-18)26(29,30)31/h3,6,10,16-17,19-21,23H,2,4-5,7-9,11-15H2,1H3/t16-,17+,19-,20-,21+,25-/m0/s1. The molecule has 0 unspecified atom stereocenters. The SMILES string of the molecule is CO[C@@H]1COCC[C@@H]1C[C@@H]1CC[C@](CC(F)F)(C(=O)N2C[C@@H]3C[C@H]2CN3c2ccnc(C(F)(F)F)c2)C1. The molecule has 5 rings (SSSR count). The second-order valence-corrected chi connectivity index (χ2v) is 11.2. The van der Waals surface area contributed by atoms with Gasteiger partial charge in [0, 0.05) is 51.2 Å². The van der Waals surface area contributed by atoms with E-state index in [0.29, 0.717) is 57.2 Å². The van der Waals surface area contributed by atoms with E-state index in [0.717, 1.165) is 31.5 Å². The number of hydrogen-bond acceptors (Lipinski definition) is 5. The summed E-state index contributed by atoms with van der Waals surface area (Å²) in [6.45, 7) is 1.93. The molecule has 0 N–H and O–H groups in total. The van der Waals surface area contributed by atoms with Gasteiger partial charge in [-0.2, -0.15) is 13.2 Å². The summed E-state index contributed by atoms with van der Waals surface area (Å²) in [7, 11) is 1.66. The van der Waals surface area contributed by atoms with Crippen molar-refractivity contribution in [3.63, 3.8) is 0 Å². The Hall–Kier alpha value is -2.01. The van der Waals surface area contributed by atoms with Crippen molar-refractivity contribution >= 4 is 11.6 Å². The van der Waals surface area contributed by atoms with Gasteiger partial charge in [0.05, 0.1) is 24.2 Å². The molecule has 6 atom stereocenters. The van der Waals surface area contributed by atoms with Gasteiger partial charge < -0.3 is 19.3 Å². The first-order valence-corrected chi connectivity index (χ1v) is 13.1. The Morgan fingerprint density at radius 3 is 2.76 bits per heavy atom. The molecule has 0 aromatic carbocycles. The number of amides is 1. The maximum absolute atomic E-state index is 13.9. The summed E-state index contributed by atoms with van der Waals surface area (Å²) < 4.78 is 78.1. The fourth-order valence-corrected chi connectivity index (χ4v) is 7.20. The number of pyridine rings is 1. The Balaban J connectivity index is 1.27. The Morgan fingerprint density at radius 1 is 1.27 bits per heavy atom. The Labute approximate surface area is 213 Å². The first kappa shape index (κ1) is 26.6. The van der Waals surface area contributed by atoms with E-state index in [1.807, 2.05) is 4.90 Å². The van der Waals surface area contributed by atoms with Crippen LogP contribution in [-0.4, -0.2) is 73.8 Å². The van der Waals surface area contributed by atoms with Gasteiger partial charge in [0.2, 0.25) is 12.3 Å². The fourth-order valence-electron chi connectivity index (χ4n) is 7.20. The first-order valence-electron chi connectivity index (χ1n) is 13.1. The summed E-state index contributed by atoms with van der Waals surface area (Å²) in [6.07, 6.45) is -2.47. The van der Waals surface area contributed by atoms with Crippen molar-refractivity contribution in [2.24, 2.45) is 17.3 Å². The number of carbonyl (C=O) groups excluding carboxylic acids is 1. The van der Waals surface area contributed by atoms with Crippen LogP contribution in [0.25, 0.3) is 0 Å². The average molecular weight is 532 g/mol. The van der Waals surface area contributed by atoms with E-state index in [-0.39, 0.29) is 30.0 Å². The second-order valence-electron chi connectivity index (χ2n) is 11.2. The smallest absolute Gasteiger partial charge is 0.379 e. The second kappa shape index (κ2) is 10.3. The van der Waals surface area contributed by atoms with Gasteiger partial charge in [-0.3, -0.25) is 9.78 Å². The summed E-state index contributed by atoms with van der Waals surface area (Å²) in [6, 6.07) is 2.26. The molecule has 1 amide bonds. The number of carbonyl (C=O) groups is 1. The van der Waals surface area contributed by atoms with Gasteiger partial charge in [0.15, 0.2) is 0 Å². The van der Waals surface area contributed by atoms with Gasteiger partial charge in [-0.05, 0) is 62.5 Å². The number of halogens is 5. The van der Waals surface area contributed by atoms with E-state index in [1.54, 1.807) is 18.1 Å². The number of aromatic nitrogens is 1.